The average molecular weight is 487 g/mol. The summed E-state index contributed by atoms with van der Waals surface area (Å²) in [6.07, 6.45) is 1.96. The standard InChI is InChI=1S/C34H34N2O/c1-33(2,3)25-19-23(20-26(21-25)34(4,5)6)22-35-29-17-11-10-15-28(29)32-36-31-27(16-12-18-30(31)37-32)24-13-8-7-9-14-24/h7-22H,1-6H3. The predicted octanol–water partition coefficient (Wildman–Crippen LogP) is 9.51. The number of rotatable bonds is 4. The normalized spacial score (nSPS) is 12.5. The lowest BCUT2D eigenvalue weighted by Gasteiger charge is -2.25. The van der Waals surface area contributed by atoms with E-state index in [1.54, 1.807) is 0 Å². The SMILES string of the molecule is CC(C)(C)c1cc(C=Nc2ccccc2-c2nc3c(-c4ccccc4)cccc3o2)cc(C(C)(C)C)c1. The van der Waals surface area contributed by atoms with Gasteiger partial charge in [0.1, 0.15) is 5.52 Å². The zero-order valence-electron chi connectivity index (χ0n) is 22.5. The highest BCUT2D eigenvalue weighted by Gasteiger charge is 2.20. The minimum atomic E-state index is 0.0520. The van der Waals surface area contributed by atoms with Gasteiger partial charge in [-0.15, -0.1) is 0 Å². The molecule has 0 amide bonds. The molecule has 0 fully saturated rings. The van der Waals surface area contributed by atoms with Gasteiger partial charge in [-0.3, -0.25) is 4.99 Å². The topological polar surface area (TPSA) is 38.4 Å². The van der Waals surface area contributed by atoms with Crippen LogP contribution in [0.4, 0.5) is 5.69 Å². The highest BCUT2D eigenvalue weighted by atomic mass is 16.3. The van der Waals surface area contributed by atoms with Crippen molar-refractivity contribution in [3.8, 4) is 22.6 Å². The lowest BCUT2D eigenvalue weighted by atomic mass is 9.79. The summed E-state index contributed by atoms with van der Waals surface area (Å²) >= 11 is 0. The minimum absolute atomic E-state index is 0.0520. The molecule has 0 aliphatic rings. The molecule has 186 valence electrons. The predicted molar refractivity (Wildman–Crippen MR) is 156 cm³/mol. The Morgan fingerprint density at radius 3 is 1.97 bits per heavy atom. The molecule has 4 aromatic carbocycles. The summed E-state index contributed by atoms with van der Waals surface area (Å²) in [5.41, 5.74) is 9.31. The average Bonchev–Trinajstić information content (AvgIpc) is 3.31. The van der Waals surface area contributed by atoms with Crippen molar-refractivity contribution in [2.24, 2.45) is 4.99 Å². The molecule has 0 saturated carbocycles. The van der Waals surface area contributed by atoms with E-state index < -0.39 is 0 Å². The van der Waals surface area contributed by atoms with Crippen molar-refractivity contribution < 1.29 is 4.42 Å². The fraction of sp³-hybridized carbons (Fsp3) is 0.235. The first kappa shape index (κ1) is 24.7. The molecule has 0 unspecified atom stereocenters. The molecule has 0 saturated heterocycles. The third kappa shape index (κ3) is 5.27. The van der Waals surface area contributed by atoms with Gasteiger partial charge in [-0.25, -0.2) is 4.98 Å². The van der Waals surface area contributed by atoms with Crippen LogP contribution in [-0.2, 0) is 10.8 Å². The van der Waals surface area contributed by atoms with Gasteiger partial charge in [-0.2, -0.15) is 0 Å². The highest BCUT2D eigenvalue weighted by Crippen LogP contribution is 2.36. The Kier molecular flexibility index (Phi) is 6.33. The molecule has 1 heterocycles. The van der Waals surface area contributed by atoms with Crippen molar-refractivity contribution in [1.29, 1.82) is 0 Å². The summed E-state index contributed by atoms with van der Waals surface area (Å²) in [6, 6.07) is 31.2. The van der Waals surface area contributed by atoms with Crippen LogP contribution in [0.1, 0.15) is 58.2 Å². The number of aromatic nitrogens is 1. The van der Waals surface area contributed by atoms with Crippen LogP contribution in [0.2, 0.25) is 0 Å². The van der Waals surface area contributed by atoms with Gasteiger partial charge in [0.15, 0.2) is 5.58 Å². The zero-order chi connectivity index (χ0) is 26.2. The number of oxazole rings is 1. The van der Waals surface area contributed by atoms with Gasteiger partial charge in [-0.05, 0) is 63.4 Å². The van der Waals surface area contributed by atoms with Crippen LogP contribution < -0.4 is 0 Å². The lowest BCUT2D eigenvalue weighted by Crippen LogP contribution is -2.17. The van der Waals surface area contributed by atoms with Crippen molar-refractivity contribution in [2.75, 3.05) is 0 Å². The van der Waals surface area contributed by atoms with Crippen molar-refractivity contribution >= 4 is 23.0 Å². The number of para-hydroxylation sites is 2. The molecule has 0 N–H and O–H groups in total. The molecule has 0 aliphatic carbocycles. The molecule has 5 aromatic rings. The number of hydrogen-bond donors (Lipinski definition) is 0. The molecule has 5 rings (SSSR count). The molecule has 0 radical (unpaired) electrons. The van der Waals surface area contributed by atoms with Crippen LogP contribution in [0.5, 0.6) is 0 Å². The Morgan fingerprint density at radius 2 is 1.30 bits per heavy atom. The number of aliphatic imine (C=N–C) groups is 1. The molecule has 3 heteroatoms. The Labute approximate surface area is 219 Å². The summed E-state index contributed by atoms with van der Waals surface area (Å²) in [5, 5.41) is 0. The number of hydrogen-bond acceptors (Lipinski definition) is 3. The molecule has 0 atom stereocenters. The van der Waals surface area contributed by atoms with Gasteiger partial charge in [0, 0.05) is 11.8 Å². The first-order valence-electron chi connectivity index (χ1n) is 12.8. The zero-order valence-corrected chi connectivity index (χ0v) is 22.5. The van der Waals surface area contributed by atoms with Crippen LogP contribution >= 0.6 is 0 Å². The van der Waals surface area contributed by atoms with E-state index in [-0.39, 0.29) is 10.8 Å². The molecule has 0 bridgehead atoms. The number of benzene rings is 4. The maximum atomic E-state index is 6.25. The maximum absolute atomic E-state index is 6.25. The molecule has 37 heavy (non-hydrogen) atoms. The van der Waals surface area contributed by atoms with E-state index in [2.05, 4.69) is 77.9 Å². The van der Waals surface area contributed by atoms with Gasteiger partial charge in [0.25, 0.3) is 0 Å². The maximum Gasteiger partial charge on any atom is 0.229 e. The van der Waals surface area contributed by atoms with Gasteiger partial charge in [0.2, 0.25) is 5.89 Å². The van der Waals surface area contributed by atoms with Crippen LogP contribution in [-0.4, -0.2) is 11.2 Å². The molecule has 0 aliphatic heterocycles. The first-order valence-corrected chi connectivity index (χ1v) is 12.8. The highest BCUT2D eigenvalue weighted by molar-refractivity contribution is 5.93. The third-order valence-corrected chi connectivity index (χ3v) is 6.68. The number of nitrogens with zero attached hydrogens (tertiary/aromatic N) is 2. The van der Waals surface area contributed by atoms with E-state index >= 15 is 0 Å². The monoisotopic (exact) mass is 486 g/mol. The Bertz CT molecular complexity index is 1550. The molecule has 1 aromatic heterocycles. The molecule has 0 spiro atoms. The second-order valence-electron chi connectivity index (χ2n) is 11.7. The van der Waals surface area contributed by atoms with Crippen molar-refractivity contribution in [3.05, 3.63) is 108 Å². The van der Waals surface area contributed by atoms with E-state index in [0.29, 0.717) is 5.89 Å². The first-order chi connectivity index (χ1) is 17.6. The van der Waals surface area contributed by atoms with Gasteiger partial charge >= 0.3 is 0 Å². The van der Waals surface area contributed by atoms with E-state index in [9.17, 15) is 0 Å². The Balaban J connectivity index is 1.56. The Morgan fingerprint density at radius 1 is 0.676 bits per heavy atom. The smallest absolute Gasteiger partial charge is 0.229 e. The molecular formula is C34H34N2O. The van der Waals surface area contributed by atoms with Crippen molar-refractivity contribution in [2.45, 2.75) is 52.4 Å². The third-order valence-electron chi connectivity index (χ3n) is 6.68. The van der Waals surface area contributed by atoms with Crippen LogP contribution in [0.25, 0.3) is 33.7 Å². The van der Waals surface area contributed by atoms with E-state index in [1.165, 1.54) is 11.1 Å². The summed E-state index contributed by atoms with van der Waals surface area (Å²) in [6.45, 7) is 13.5. The summed E-state index contributed by atoms with van der Waals surface area (Å²) in [7, 11) is 0. The fourth-order valence-corrected chi connectivity index (χ4v) is 4.42. The van der Waals surface area contributed by atoms with Crippen molar-refractivity contribution in [1.82, 2.24) is 4.98 Å². The number of fused-ring (bicyclic) bond motifs is 1. The second-order valence-corrected chi connectivity index (χ2v) is 11.7. The van der Waals surface area contributed by atoms with Crippen LogP contribution in [0, 0.1) is 0 Å². The van der Waals surface area contributed by atoms with Crippen LogP contribution in [0.3, 0.4) is 0 Å². The van der Waals surface area contributed by atoms with Crippen molar-refractivity contribution in [3.63, 3.8) is 0 Å². The fourth-order valence-electron chi connectivity index (χ4n) is 4.42. The summed E-state index contributed by atoms with van der Waals surface area (Å²) in [5.74, 6) is 0.574. The van der Waals surface area contributed by atoms with E-state index in [1.807, 2.05) is 60.8 Å². The second kappa shape index (κ2) is 9.48. The summed E-state index contributed by atoms with van der Waals surface area (Å²) < 4.78 is 6.25. The minimum Gasteiger partial charge on any atom is -0.436 e. The van der Waals surface area contributed by atoms with Gasteiger partial charge in [0.05, 0.1) is 11.3 Å². The van der Waals surface area contributed by atoms with E-state index in [0.717, 1.165) is 39.0 Å². The van der Waals surface area contributed by atoms with Gasteiger partial charge in [-0.1, -0.05) is 102 Å². The van der Waals surface area contributed by atoms with E-state index in [4.69, 9.17) is 14.4 Å². The largest absolute Gasteiger partial charge is 0.436 e. The van der Waals surface area contributed by atoms with Crippen LogP contribution in [0.15, 0.2) is 100 Å². The Hall–Kier alpha value is -3.98. The summed E-state index contributed by atoms with van der Waals surface area (Å²) in [4.78, 5) is 9.85. The molecule has 3 nitrogen and oxygen atoms in total. The molecular weight excluding hydrogens is 452 g/mol. The quantitative estimate of drug-likeness (QED) is 0.237. The lowest BCUT2D eigenvalue weighted by molar-refractivity contribution is 0.568. The van der Waals surface area contributed by atoms with Gasteiger partial charge < -0.3 is 4.42 Å².